The minimum Gasteiger partial charge on any atom is -0.361 e. The van der Waals surface area contributed by atoms with Crippen LogP contribution >= 0.6 is 21.2 Å². The summed E-state index contributed by atoms with van der Waals surface area (Å²) in [6, 6.07) is 0. The van der Waals surface area contributed by atoms with E-state index in [0.29, 0.717) is 22.0 Å². The van der Waals surface area contributed by atoms with Gasteiger partial charge < -0.3 is 4.52 Å². The van der Waals surface area contributed by atoms with Gasteiger partial charge in [0.15, 0.2) is 0 Å². The Morgan fingerprint density at radius 1 is 1.15 bits per heavy atom. The minimum atomic E-state index is 0.315. The predicted molar refractivity (Wildman–Crippen MR) is 66.2 cm³/mol. The molecule has 0 aliphatic carbocycles. The van der Waals surface area contributed by atoms with Crippen LogP contribution in [0.4, 0.5) is 0 Å². The van der Waals surface area contributed by atoms with Gasteiger partial charge in [0.25, 0.3) is 0 Å². The van der Waals surface area contributed by atoms with Crippen molar-refractivity contribution >= 4 is 21.2 Å². The zero-order valence-corrected chi connectivity index (χ0v) is 11.6. The fraction of sp³-hybridized carbons (Fsp3) is 1.00. The van der Waals surface area contributed by atoms with Crippen LogP contribution in [-0.2, 0) is 4.52 Å². The average molecular weight is 222 g/mol. The molecule has 0 heterocycles. The van der Waals surface area contributed by atoms with E-state index < -0.39 is 0 Å². The van der Waals surface area contributed by atoms with Gasteiger partial charge >= 0.3 is 0 Å². The molecule has 3 atom stereocenters. The standard InChI is InChI=1S/C10H23OPS/c1-7(2)9(11-12)8(3)13-10(4,5)6/h7-9H,12H2,1-6H3/t8-,9+/m0/s1. The lowest BCUT2D eigenvalue weighted by atomic mass is 10.1. The first-order chi connectivity index (χ1) is 5.78. The van der Waals surface area contributed by atoms with Crippen molar-refractivity contribution in [3.63, 3.8) is 0 Å². The van der Waals surface area contributed by atoms with Crippen LogP contribution < -0.4 is 0 Å². The van der Waals surface area contributed by atoms with Gasteiger partial charge in [-0.25, -0.2) is 0 Å². The van der Waals surface area contributed by atoms with Gasteiger partial charge in [0, 0.05) is 19.5 Å². The molecule has 0 rings (SSSR count). The van der Waals surface area contributed by atoms with Crippen LogP contribution in [0, 0.1) is 5.92 Å². The highest BCUT2D eigenvalue weighted by Crippen LogP contribution is 2.33. The molecule has 0 N–H and O–H groups in total. The first-order valence-corrected chi connectivity index (χ1v) is 6.16. The van der Waals surface area contributed by atoms with Crippen LogP contribution in [0.5, 0.6) is 0 Å². The zero-order chi connectivity index (χ0) is 10.6. The molecule has 0 radical (unpaired) electrons. The van der Waals surface area contributed by atoms with Gasteiger partial charge in [-0.3, -0.25) is 0 Å². The molecular formula is C10H23OPS. The summed E-state index contributed by atoms with van der Waals surface area (Å²) >= 11 is 1.98. The Bertz CT molecular complexity index is 142. The fourth-order valence-corrected chi connectivity index (χ4v) is 3.73. The molecule has 0 saturated carbocycles. The summed E-state index contributed by atoms with van der Waals surface area (Å²) < 4.78 is 5.73. The maximum Gasteiger partial charge on any atom is 0.0749 e. The molecule has 1 unspecified atom stereocenters. The summed E-state index contributed by atoms with van der Waals surface area (Å²) in [5.41, 5.74) is 0. The zero-order valence-electron chi connectivity index (χ0n) is 9.63. The summed E-state index contributed by atoms with van der Waals surface area (Å²) in [4.78, 5) is 0. The fourth-order valence-electron chi connectivity index (χ4n) is 1.43. The van der Waals surface area contributed by atoms with Crippen molar-refractivity contribution in [2.75, 3.05) is 0 Å². The Labute approximate surface area is 89.7 Å². The topological polar surface area (TPSA) is 9.23 Å². The maximum absolute atomic E-state index is 5.42. The summed E-state index contributed by atoms with van der Waals surface area (Å²) in [7, 11) is 2.39. The molecule has 0 spiro atoms. The Hall–Kier alpha value is 0.740. The van der Waals surface area contributed by atoms with Gasteiger partial charge in [0.05, 0.1) is 6.10 Å². The van der Waals surface area contributed by atoms with Crippen LogP contribution in [0.3, 0.4) is 0 Å². The van der Waals surface area contributed by atoms with Crippen LogP contribution in [0.15, 0.2) is 0 Å². The highest BCUT2D eigenvalue weighted by Gasteiger charge is 2.25. The molecule has 1 nitrogen and oxygen atoms in total. The van der Waals surface area contributed by atoms with Crippen molar-refractivity contribution in [3.05, 3.63) is 0 Å². The molecule has 0 aromatic carbocycles. The third kappa shape index (κ3) is 5.93. The lowest BCUT2D eigenvalue weighted by Crippen LogP contribution is -2.30. The van der Waals surface area contributed by atoms with E-state index in [1.54, 1.807) is 0 Å². The predicted octanol–water partition coefficient (Wildman–Crippen LogP) is 3.74. The Kier molecular flexibility index (Phi) is 5.90. The van der Waals surface area contributed by atoms with E-state index >= 15 is 0 Å². The number of thioether (sulfide) groups is 1. The third-order valence-electron chi connectivity index (χ3n) is 1.82. The summed E-state index contributed by atoms with van der Waals surface area (Å²) in [5, 5.41) is 0.539. The van der Waals surface area contributed by atoms with Crippen molar-refractivity contribution in [1.82, 2.24) is 0 Å². The minimum absolute atomic E-state index is 0.315. The number of hydrogen-bond acceptors (Lipinski definition) is 2. The van der Waals surface area contributed by atoms with E-state index in [0.717, 1.165) is 0 Å². The van der Waals surface area contributed by atoms with Crippen molar-refractivity contribution in [1.29, 1.82) is 0 Å². The molecule has 13 heavy (non-hydrogen) atoms. The van der Waals surface area contributed by atoms with Gasteiger partial charge in [0.2, 0.25) is 0 Å². The maximum atomic E-state index is 5.42. The second-order valence-corrected chi connectivity index (χ2v) is 7.26. The molecule has 0 amide bonds. The van der Waals surface area contributed by atoms with E-state index in [1.807, 2.05) is 11.8 Å². The lowest BCUT2D eigenvalue weighted by Gasteiger charge is -2.30. The van der Waals surface area contributed by atoms with Crippen molar-refractivity contribution in [2.24, 2.45) is 5.92 Å². The van der Waals surface area contributed by atoms with Crippen LogP contribution in [0.25, 0.3) is 0 Å². The molecule has 80 valence electrons. The Morgan fingerprint density at radius 2 is 1.62 bits per heavy atom. The normalized spacial score (nSPS) is 17.5. The van der Waals surface area contributed by atoms with E-state index in [4.69, 9.17) is 4.52 Å². The Balaban J connectivity index is 4.14. The van der Waals surface area contributed by atoms with Crippen molar-refractivity contribution < 1.29 is 4.52 Å². The third-order valence-corrected chi connectivity index (χ3v) is 3.48. The average Bonchev–Trinajstić information content (AvgIpc) is 1.82. The molecule has 0 aliphatic rings. The van der Waals surface area contributed by atoms with Gasteiger partial charge in [0.1, 0.15) is 0 Å². The Morgan fingerprint density at radius 3 is 1.85 bits per heavy atom. The molecule has 0 aromatic heterocycles. The molecule has 0 bridgehead atoms. The summed E-state index contributed by atoms with van der Waals surface area (Å²) in [6.07, 6.45) is 0.328. The van der Waals surface area contributed by atoms with Crippen molar-refractivity contribution in [3.8, 4) is 0 Å². The van der Waals surface area contributed by atoms with E-state index in [-0.39, 0.29) is 0 Å². The SMILES string of the molecule is CC(C)[C@@H](OP)[C@H](C)SC(C)(C)C. The molecule has 0 fully saturated rings. The van der Waals surface area contributed by atoms with Gasteiger partial charge in [-0.05, 0) is 5.92 Å². The van der Waals surface area contributed by atoms with E-state index in [2.05, 4.69) is 51.0 Å². The highest BCUT2D eigenvalue weighted by molar-refractivity contribution is 8.01. The molecule has 3 heteroatoms. The monoisotopic (exact) mass is 222 g/mol. The smallest absolute Gasteiger partial charge is 0.0749 e. The lowest BCUT2D eigenvalue weighted by molar-refractivity contribution is 0.182. The van der Waals surface area contributed by atoms with Gasteiger partial charge in [-0.1, -0.05) is 41.5 Å². The first-order valence-electron chi connectivity index (χ1n) is 4.81. The van der Waals surface area contributed by atoms with Crippen LogP contribution in [-0.4, -0.2) is 16.1 Å². The number of hydrogen-bond donors (Lipinski definition) is 0. The highest BCUT2D eigenvalue weighted by atomic mass is 32.2. The summed E-state index contributed by atoms with van der Waals surface area (Å²) in [5.74, 6) is 0.572. The largest absolute Gasteiger partial charge is 0.361 e. The first kappa shape index (κ1) is 13.7. The van der Waals surface area contributed by atoms with Gasteiger partial charge in [-0.2, -0.15) is 11.8 Å². The molecule has 0 aromatic rings. The molecular weight excluding hydrogens is 199 g/mol. The second-order valence-electron chi connectivity index (χ2n) is 4.78. The molecule has 0 aliphatic heterocycles. The van der Waals surface area contributed by atoms with Crippen LogP contribution in [0.2, 0.25) is 0 Å². The van der Waals surface area contributed by atoms with Gasteiger partial charge in [-0.15, -0.1) is 0 Å². The van der Waals surface area contributed by atoms with E-state index in [9.17, 15) is 0 Å². The van der Waals surface area contributed by atoms with Crippen molar-refractivity contribution in [2.45, 2.75) is 57.6 Å². The number of rotatable bonds is 4. The summed E-state index contributed by atoms with van der Waals surface area (Å²) in [6.45, 7) is 13.4. The molecule has 0 saturated heterocycles. The van der Waals surface area contributed by atoms with Crippen LogP contribution in [0.1, 0.15) is 41.5 Å². The van der Waals surface area contributed by atoms with E-state index in [1.165, 1.54) is 0 Å². The second kappa shape index (κ2) is 5.58. The quantitative estimate of drug-likeness (QED) is 0.670.